The number of aliphatic carboxylic acids is 1. The zero-order chi connectivity index (χ0) is 13.4. The Balaban J connectivity index is 2.06. The van der Waals surface area contributed by atoms with Crippen LogP contribution in [0.15, 0.2) is 5.16 Å². The lowest BCUT2D eigenvalue weighted by Gasteiger charge is -2.14. The standard InChI is InChI=1S/C14H25NO3/c1-3-4-5-6-7-8-9-10-12-11-14(2,13(16)17)18-15-12/h3-11H2,1-2H3,(H,16,17). The number of hydrogen-bond donors (Lipinski definition) is 1. The predicted molar refractivity (Wildman–Crippen MR) is 71.8 cm³/mol. The Labute approximate surface area is 109 Å². The molecule has 1 unspecified atom stereocenters. The highest BCUT2D eigenvalue weighted by Crippen LogP contribution is 2.25. The van der Waals surface area contributed by atoms with Crippen LogP contribution in [0.2, 0.25) is 0 Å². The van der Waals surface area contributed by atoms with Crippen molar-refractivity contribution in [3.8, 4) is 0 Å². The van der Waals surface area contributed by atoms with E-state index in [0.717, 1.165) is 18.6 Å². The van der Waals surface area contributed by atoms with Gasteiger partial charge in [0.25, 0.3) is 0 Å². The second-order valence-corrected chi connectivity index (χ2v) is 5.33. The van der Waals surface area contributed by atoms with Gasteiger partial charge >= 0.3 is 5.97 Å². The Kier molecular flexibility index (Phi) is 6.16. The number of carboxylic acids is 1. The summed E-state index contributed by atoms with van der Waals surface area (Å²) < 4.78 is 0. The molecule has 1 atom stereocenters. The molecule has 0 amide bonds. The van der Waals surface area contributed by atoms with Crippen LogP contribution in [0, 0.1) is 0 Å². The quantitative estimate of drug-likeness (QED) is 0.638. The lowest BCUT2D eigenvalue weighted by Crippen LogP contribution is -2.35. The fraction of sp³-hybridized carbons (Fsp3) is 0.857. The molecule has 0 aromatic rings. The average Bonchev–Trinajstić information content (AvgIpc) is 2.72. The number of unbranched alkanes of at least 4 members (excludes halogenated alkanes) is 6. The summed E-state index contributed by atoms with van der Waals surface area (Å²) in [7, 11) is 0. The van der Waals surface area contributed by atoms with Gasteiger partial charge in [0.15, 0.2) is 0 Å². The average molecular weight is 255 g/mol. The van der Waals surface area contributed by atoms with E-state index < -0.39 is 11.6 Å². The first-order valence-corrected chi connectivity index (χ1v) is 7.06. The molecule has 0 saturated carbocycles. The molecule has 0 aromatic heterocycles. The highest BCUT2D eigenvalue weighted by Gasteiger charge is 2.41. The summed E-state index contributed by atoms with van der Waals surface area (Å²) in [5.74, 6) is -0.930. The summed E-state index contributed by atoms with van der Waals surface area (Å²) in [6.07, 6.45) is 10.1. The molecule has 0 radical (unpaired) electrons. The second-order valence-electron chi connectivity index (χ2n) is 5.33. The number of rotatable bonds is 9. The molecular formula is C14H25NO3. The SMILES string of the molecule is CCCCCCCCCC1=NOC(C)(C(=O)O)C1. The minimum Gasteiger partial charge on any atom is -0.478 e. The summed E-state index contributed by atoms with van der Waals surface area (Å²) in [6.45, 7) is 3.80. The summed E-state index contributed by atoms with van der Waals surface area (Å²) >= 11 is 0. The van der Waals surface area contributed by atoms with E-state index in [4.69, 9.17) is 9.94 Å². The Morgan fingerprint density at radius 1 is 1.28 bits per heavy atom. The van der Waals surface area contributed by atoms with Crippen LogP contribution in [0.4, 0.5) is 0 Å². The van der Waals surface area contributed by atoms with Gasteiger partial charge < -0.3 is 9.94 Å². The normalized spacial score (nSPS) is 22.7. The molecule has 1 heterocycles. The van der Waals surface area contributed by atoms with Gasteiger partial charge in [0.1, 0.15) is 0 Å². The molecule has 0 fully saturated rings. The van der Waals surface area contributed by atoms with Gasteiger partial charge in [-0.3, -0.25) is 0 Å². The van der Waals surface area contributed by atoms with Gasteiger partial charge in [-0.15, -0.1) is 0 Å². The minimum absolute atomic E-state index is 0.429. The second kappa shape index (κ2) is 7.39. The van der Waals surface area contributed by atoms with Crippen molar-refractivity contribution >= 4 is 11.7 Å². The fourth-order valence-corrected chi connectivity index (χ4v) is 2.15. The maximum absolute atomic E-state index is 10.9. The van der Waals surface area contributed by atoms with E-state index in [2.05, 4.69) is 12.1 Å². The molecule has 0 saturated heterocycles. The lowest BCUT2D eigenvalue weighted by atomic mass is 9.97. The summed E-state index contributed by atoms with van der Waals surface area (Å²) in [5, 5.41) is 12.9. The fourth-order valence-electron chi connectivity index (χ4n) is 2.15. The molecule has 0 aromatic carbocycles. The van der Waals surface area contributed by atoms with Gasteiger partial charge in [-0.2, -0.15) is 0 Å². The number of oxime groups is 1. The maximum atomic E-state index is 10.9. The molecule has 1 rings (SSSR count). The van der Waals surface area contributed by atoms with Crippen molar-refractivity contribution in [3.63, 3.8) is 0 Å². The van der Waals surface area contributed by atoms with Crippen LogP contribution < -0.4 is 0 Å². The van der Waals surface area contributed by atoms with Gasteiger partial charge in [0, 0.05) is 6.42 Å². The van der Waals surface area contributed by atoms with E-state index >= 15 is 0 Å². The molecule has 1 aliphatic rings. The molecule has 1 aliphatic heterocycles. The molecule has 1 N–H and O–H groups in total. The number of carbonyl (C=O) groups is 1. The molecule has 4 nitrogen and oxygen atoms in total. The van der Waals surface area contributed by atoms with Gasteiger partial charge in [-0.05, 0) is 19.8 Å². The van der Waals surface area contributed by atoms with Crippen LogP contribution in [0.25, 0.3) is 0 Å². The van der Waals surface area contributed by atoms with Crippen LogP contribution in [0.5, 0.6) is 0 Å². The number of nitrogens with zero attached hydrogens (tertiary/aromatic N) is 1. The zero-order valence-electron chi connectivity index (χ0n) is 11.6. The Bertz CT molecular complexity index is 301. The molecule has 0 bridgehead atoms. The maximum Gasteiger partial charge on any atom is 0.351 e. The first-order chi connectivity index (χ1) is 8.58. The van der Waals surface area contributed by atoms with E-state index in [-0.39, 0.29) is 0 Å². The van der Waals surface area contributed by atoms with Crippen molar-refractivity contribution in [2.24, 2.45) is 5.16 Å². The molecule has 18 heavy (non-hydrogen) atoms. The van der Waals surface area contributed by atoms with E-state index in [9.17, 15) is 4.79 Å². The Hall–Kier alpha value is -1.06. The van der Waals surface area contributed by atoms with Crippen LogP contribution >= 0.6 is 0 Å². The van der Waals surface area contributed by atoms with Crippen molar-refractivity contribution in [1.82, 2.24) is 0 Å². The van der Waals surface area contributed by atoms with Crippen molar-refractivity contribution < 1.29 is 14.7 Å². The van der Waals surface area contributed by atoms with Crippen molar-refractivity contribution in [1.29, 1.82) is 0 Å². The van der Waals surface area contributed by atoms with Gasteiger partial charge in [0.05, 0.1) is 5.71 Å². The highest BCUT2D eigenvalue weighted by atomic mass is 16.7. The first kappa shape index (κ1) is 15.0. The zero-order valence-corrected chi connectivity index (χ0v) is 11.6. The van der Waals surface area contributed by atoms with Crippen LogP contribution in [-0.2, 0) is 9.63 Å². The van der Waals surface area contributed by atoms with Crippen molar-refractivity contribution in [3.05, 3.63) is 0 Å². The van der Waals surface area contributed by atoms with Gasteiger partial charge in [-0.25, -0.2) is 4.79 Å². The minimum atomic E-state index is -1.13. The predicted octanol–water partition coefficient (Wildman–Crippen LogP) is 3.75. The van der Waals surface area contributed by atoms with Gasteiger partial charge in [-0.1, -0.05) is 50.6 Å². The third-order valence-corrected chi connectivity index (χ3v) is 3.44. The van der Waals surface area contributed by atoms with E-state index in [1.165, 1.54) is 38.5 Å². The number of carboxylic acid groups (broad SMARTS) is 1. The first-order valence-electron chi connectivity index (χ1n) is 7.06. The molecule has 4 heteroatoms. The molecule has 0 spiro atoms. The van der Waals surface area contributed by atoms with E-state index in [1.54, 1.807) is 6.92 Å². The number of hydrogen-bond acceptors (Lipinski definition) is 3. The van der Waals surface area contributed by atoms with Gasteiger partial charge in [0.2, 0.25) is 5.60 Å². The monoisotopic (exact) mass is 255 g/mol. The topological polar surface area (TPSA) is 58.9 Å². The summed E-state index contributed by atoms with van der Waals surface area (Å²) in [5.41, 5.74) is -0.232. The third-order valence-electron chi connectivity index (χ3n) is 3.44. The highest BCUT2D eigenvalue weighted by molar-refractivity contribution is 5.92. The van der Waals surface area contributed by atoms with Crippen LogP contribution in [0.3, 0.4) is 0 Å². The summed E-state index contributed by atoms with van der Waals surface area (Å²) in [6, 6.07) is 0. The summed E-state index contributed by atoms with van der Waals surface area (Å²) in [4.78, 5) is 16.0. The van der Waals surface area contributed by atoms with E-state index in [1.807, 2.05) is 0 Å². The Morgan fingerprint density at radius 2 is 1.89 bits per heavy atom. The van der Waals surface area contributed by atoms with Crippen LogP contribution in [-0.4, -0.2) is 22.4 Å². The smallest absolute Gasteiger partial charge is 0.351 e. The molecular weight excluding hydrogens is 230 g/mol. The third kappa shape index (κ3) is 4.67. The largest absolute Gasteiger partial charge is 0.478 e. The molecule has 0 aliphatic carbocycles. The van der Waals surface area contributed by atoms with Crippen LogP contribution in [0.1, 0.15) is 71.6 Å². The Morgan fingerprint density at radius 3 is 2.44 bits per heavy atom. The lowest BCUT2D eigenvalue weighted by molar-refractivity contribution is -0.160. The van der Waals surface area contributed by atoms with Crippen molar-refractivity contribution in [2.45, 2.75) is 77.2 Å². The van der Waals surface area contributed by atoms with E-state index in [0.29, 0.717) is 6.42 Å². The molecule has 104 valence electrons. The van der Waals surface area contributed by atoms with Crippen molar-refractivity contribution in [2.75, 3.05) is 0 Å².